The minimum absolute atomic E-state index is 0.446. The van der Waals surface area contributed by atoms with Gasteiger partial charge in [0.1, 0.15) is 0 Å². The average molecular weight is 277 g/mol. The number of nitrogens with two attached hydrogens (primary N) is 1. The van der Waals surface area contributed by atoms with Crippen LogP contribution in [0.1, 0.15) is 37.6 Å². The zero-order valence-corrected chi connectivity index (χ0v) is 13.0. The zero-order chi connectivity index (χ0) is 14.5. The molecule has 0 atom stereocenters. The summed E-state index contributed by atoms with van der Waals surface area (Å²) >= 11 is 0. The van der Waals surface area contributed by atoms with Crippen molar-refractivity contribution in [3.63, 3.8) is 0 Å². The van der Waals surface area contributed by atoms with Crippen molar-refractivity contribution in [3.8, 4) is 0 Å². The third kappa shape index (κ3) is 3.90. The summed E-state index contributed by atoms with van der Waals surface area (Å²) < 4.78 is 0. The van der Waals surface area contributed by atoms with E-state index < -0.39 is 0 Å². The van der Waals surface area contributed by atoms with Crippen molar-refractivity contribution >= 4 is 5.95 Å². The van der Waals surface area contributed by atoms with Crippen molar-refractivity contribution in [1.29, 1.82) is 0 Å². The van der Waals surface area contributed by atoms with Gasteiger partial charge in [0.25, 0.3) is 0 Å². The number of rotatable bonds is 5. The fourth-order valence-electron chi connectivity index (χ4n) is 2.50. The minimum Gasteiger partial charge on any atom is -0.338 e. The van der Waals surface area contributed by atoms with Crippen LogP contribution in [0.4, 0.5) is 5.95 Å². The Morgan fingerprint density at radius 3 is 2.50 bits per heavy atom. The Morgan fingerprint density at radius 1 is 1.20 bits per heavy atom. The van der Waals surface area contributed by atoms with Crippen LogP contribution in [-0.4, -0.2) is 54.1 Å². The normalized spacial score (nSPS) is 16.9. The standard InChI is InChI=1S/C15H27N5/c1-12(2)14-11-13(3)17-15(18-14)20-9-7-19(8-10-20)6-4-5-16/h11-12H,4-10,16H2,1-3H3. The van der Waals surface area contributed by atoms with E-state index in [1.807, 2.05) is 0 Å². The Labute approximate surface area is 122 Å². The van der Waals surface area contributed by atoms with Crippen molar-refractivity contribution in [2.45, 2.75) is 33.1 Å². The lowest BCUT2D eigenvalue weighted by Crippen LogP contribution is -2.47. The summed E-state index contributed by atoms with van der Waals surface area (Å²) in [4.78, 5) is 14.1. The van der Waals surface area contributed by atoms with Gasteiger partial charge in [-0.2, -0.15) is 0 Å². The van der Waals surface area contributed by atoms with Crippen molar-refractivity contribution in [2.75, 3.05) is 44.2 Å². The molecule has 0 saturated carbocycles. The molecule has 112 valence electrons. The number of nitrogens with zero attached hydrogens (tertiary/aromatic N) is 4. The van der Waals surface area contributed by atoms with Crippen LogP contribution in [0.25, 0.3) is 0 Å². The first-order chi connectivity index (χ1) is 9.60. The van der Waals surface area contributed by atoms with Gasteiger partial charge < -0.3 is 10.6 Å². The molecular weight excluding hydrogens is 250 g/mol. The summed E-state index contributed by atoms with van der Waals surface area (Å²) in [6.07, 6.45) is 1.08. The SMILES string of the molecule is Cc1cc(C(C)C)nc(N2CCN(CCCN)CC2)n1. The first kappa shape index (κ1) is 15.2. The monoisotopic (exact) mass is 277 g/mol. The van der Waals surface area contributed by atoms with Gasteiger partial charge in [0, 0.05) is 37.6 Å². The van der Waals surface area contributed by atoms with E-state index in [0.29, 0.717) is 5.92 Å². The van der Waals surface area contributed by atoms with E-state index in [1.165, 1.54) is 0 Å². The van der Waals surface area contributed by atoms with Gasteiger partial charge in [0.05, 0.1) is 0 Å². The molecule has 1 saturated heterocycles. The molecule has 0 aliphatic carbocycles. The molecule has 1 aliphatic heterocycles. The first-order valence-corrected chi connectivity index (χ1v) is 7.63. The maximum atomic E-state index is 5.57. The second-order valence-electron chi connectivity index (χ2n) is 5.86. The molecule has 5 nitrogen and oxygen atoms in total. The molecule has 2 N–H and O–H groups in total. The average Bonchev–Trinajstić information content (AvgIpc) is 2.45. The maximum Gasteiger partial charge on any atom is 0.225 e. The Bertz CT molecular complexity index is 424. The maximum absolute atomic E-state index is 5.57. The second-order valence-corrected chi connectivity index (χ2v) is 5.86. The fourth-order valence-corrected chi connectivity index (χ4v) is 2.50. The summed E-state index contributed by atoms with van der Waals surface area (Å²) in [5, 5.41) is 0. The van der Waals surface area contributed by atoms with Crippen LogP contribution in [-0.2, 0) is 0 Å². The molecule has 2 heterocycles. The third-order valence-electron chi connectivity index (χ3n) is 3.79. The Morgan fingerprint density at radius 2 is 1.90 bits per heavy atom. The van der Waals surface area contributed by atoms with E-state index >= 15 is 0 Å². The lowest BCUT2D eigenvalue weighted by Gasteiger charge is -2.35. The molecule has 5 heteroatoms. The lowest BCUT2D eigenvalue weighted by atomic mass is 10.1. The van der Waals surface area contributed by atoms with Gasteiger partial charge in [0.15, 0.2) is 0 Å². The van der Waals surface area contributed by atoms with Crippen LogP contribution in [0, 0.1) is 6.92 Å². The highest BCUT2D eigenvalue weighted by Gasteiger charge is 2.19. The molecule has 2 rings (SSSR count). The van der Waals surface area contributed by atoms with Crippen molar-refractivity contribution < 1.29 is 0 Å². The molecule has 1 fully saturated rings. The predicted octanol–water partition coefficient (Wildman–Crippen LogP) is 1.38. The smallest absolute Gasteiger partial charge is 0.225 e. The molecule has 0 spiro atoms. The van der Waals surface area contributed by atoms with Crippen LogP contribution >= 0.6 is 0 Å². The summed E-state index contributed by atoms with van der Waals surface area (Å²) in [6, 6.07) is 2.09. The van der Waals surface area contributed by atoms with Gasteiger partial charge in [-0.25, -0.2) is 9.97 Å². The molecule has 0 amide bonds. The molecule has 0 aromatic carbocycles. The molecular formula is C15H27N5. The molecule has 0 unspecified atom stereocenters. The number of hydrogen-bond acceptors (Lipinski definition) is 5. The van der Waals surface area contributed by atoms with E-state index in [1.54, 1.807) is 0 Å². The highest BCUT2D eigenvalue weighted by atomic mass is 15.3. The van der Waals surface area contributed by atoms with Crippen LogP contribution in [0.5, 0.6) is 0 Å². The van der Waals surface area contributed by atoms with Crippen LogP contribution in [0.2, 0.25) is 0 Å². The summed E-state index contributed by atoms with van der Waals surface area (Å²) in [5.74, 6) is 1.34. The number of anilines is 1. The van der Waals surface area contributed by atoms with Crippen molar-refractivity contribution in [2.24, 2.45) is 5.73 Å². The van der Waals surface area contributed by atoms with Crippen molar-refractivity contribution in [3.05, 3.63) is 17.5 Å². The van der Waals surface area contributed by atoms with Crippen LogP contribution in [0.15, 0.2) is 6.07 Å². The van der Waals surface area contributed by atoms with E-state index in [4.69, 9.17) is 10.7 Å². The molecule has 0 bridgehead atoms. The van der Waals surface area contributed by atoms with Gasteiger partial charge in [-0.05, 0) is 38.4 Å². The third-order valence-corrected chi connectivity index (χ3v) is 3.79. The molecule has 20 heavy (non-hydrogen) atoms. The number of aryl methyl sites for hydroxylation is 1. The van der Waals surface area contributed by atoms with E-state index in [9.17, 15) is 0 Å². The number of hydrogen-bond donors (Lipinski definition) is 1. The first-order valence-electron chi connectivity index (χ1n) is 7.63. The van der Waals surface area contributed by atoms with Gasteiger partial charge in [0.2, 0.25) is 5.95 Å². The quantitative estimate of drug-likeness (QED) is 0.881. The zero-order valence-electron chi connectivity index (χ0n) is 13.0. The summed E-state index contributed by atoms with van der Waals surface area (Å²) in [5.41, 5.74) is 7.77. The lowest BCUT2D eigenvalue weighted by molar-refractivity contribution is 0.255. The molecule has 1 aromatic rings. The topological polar surface area (TPSA) is 58.3 Å². The van der Waals surface area contributed by atoms with E-state index in [0.717, 1.165) is 63.0 Å². The largest absolute Gasteiger partial charge is 0.338 e. The Balaban J connectivity index is 1.99. The highest BCUT2D eigenvalue weighted by Crippen LogP contribution is 2.18. The number of aromatic nitrogens is 2. The summed E-state index contributed by atoms with van der Waals surface area (Å²) in [7, 11) is 0. The van der Waals surface area contributed by atoms with E-state index in [-0.39, 0.29) is 0 Å². The summed E-state index contributed by atoms with van der Waals surface area (Å²) in [6.45, 7) is 12.5. The van der Waals surface area contributed by atoms with E-state index in [2.05, 4.69) is 41.6 Å². The Kier molecular flexibility index (Phi) is 5.31. The van der Waals surface area contributed by atoms with Gasteiger partial charge in [-0.15, -0.1) is 0 Å². The second kappa shape index (κ2) is 6.99. The van der Waals surface area contributed by atoms with Crippen LogP contribution < -0.4 is 10.6 Å². The fraction of sp³-hybridized carbons (Fsp3) is 0.733. The van der Waals surface area contributed by atoms with Crippen molar-refractivity contribution in [1.82, 2.24) is 14.9 Å². The van der Waals surface area contributed by atoms with Gasteiger partial charge in [-0.1, -0.05) is 13.8 Å². The molecule has 1 aliphatic rings. The van der Waals surface area contributed by atoms with Gasteiger partial charge in [-0.3, -0.25) is 4.90 Å². The highest BCUT2D eigenvalue weighted by molar-refractivity contribution is 5.33. The Hall–Kier alpha value is -1.20. The molecule has 1 aromatic heterocycles. The van der Waals surface area contributed by atoms with Gasteiger partial charge >= 0.3 is 0 Å². The predicted molar refractivity (Wildman–Crippen MR) is 83.2 cm³/mol. The van der Waals surface area contributed by atoms with Crippen LogP contribution in [0.3, 0.4) is 0 Å². The number of piperazine rings is 1. The molecule has 0 radical (unpaired) electrons. The minimum atomic E-state index is 0.446.